The van der Waals surface area contributed by atoms with E-state index in [0.29, 0.717) is 17.9 Å². The Morgan fingerprint density at radius 2 is 1.89 bits per heavy atom. The Balaban J connectivity index is 1.93. The summed E-state index contributed by atoms with van der Waals surface area (Å²) in [5.41, 5.74) is 0. The van der Waals surface area contributed by atoms with E-state index in [-0.39, 0.29) is 17.1 Å². The molecular formula is C15H27O3Si. The molecule has 2 rings (SSSR count). The van der Waals surface area contributed by atoms with Gasteiger partial charge in [0.1, 0.15) is 6.10 Å². The molecule has 4 atom stereocenters. The number of carbonyl (C=O) groups excluding carboxylic acids is 1. The third-order valence-corrected chi connectivity index (χ3v) is 9.55. The van der Waals surface area contributed by atoms with E-state index in [1.54, 1.807) is 0 Å². The first-order valence-corrected chi connectivity index (χ1v) is 10.2. The van der Waals surface area contributed by atoms with Gasteiger partial charge in [-0.05, 0) is 42.8 Å². The lowest BCUT2D eigenvalue weighted by Gasteiger charge is -2.41. The monoisotopic (exact) mass is 283 g/mol. The minimum Gasteiger partial charge on any atom is -0.462 e. The van der Waals surface area contributed by atoms with Crippen molar-refractivity contribution in [3.05, 3.63) is 6.42 Å². The number of hydrogen-bond acceptors (Lipinski definition) is 3. The predicted molar refractivity (Wildman–Crippen MR) is 78.1 cm³/mol. The molecule has 0 N–H and O–H groups in total. The van der Waals surface area contributed by atoms with Gasteiger partial charge < -0.3 is 9.16 Å². The van der Waals surface area contributed by atoms with Gasteiger partial charge in [-0.1, -0.05) is 20.8 Å². The molecule has 2 saturated carbocycles. The van der Waals surface area contributed by atoms with Crippen LogP contribution < -0.4 is 0 Å². The summed E-state index contributed by atoms with van der Waals surface area (Å²) >= 11 is 0. The average molecular weight is 283 g/mol. The second-order valence-corrected chi connectivity index (χ2v) is 12.3. The number of esters is 1. The standard InChI is InChI=1S/C15H27O3Si/c1-10(16)17-13-8-12-7-11(13)9-14(12)18-19(5,6)15(2,3)4/h8,11-14H,7,9H2,1-6H3/t11-,12-,13+,14+/m1/s1. The maximum atomic E-state index is 11.1. The van der Waals surface area contributed by atoms with Gasteiger partial charge >= 0.3 is 5.97 Å². The van der Waals surface area contributed by atoms with Crippen molar-refractivity contribution in [2.45, 2.75) is 70.9 Å². The highest BCUT2D eigenvalue weighted by Crippen LogP contribution is 2.49. The second kappa shape index (κ2) is 4.88. The van der Waals surface area contributed by atoms with Crippen molar-refractivity contribution in [1.82, 2.24) is 0 Å². The van der Waals surface area contributed by atoms with E-state index in [4.69, 9.17) is 9.16 Å². The summed E-state index contributed by atoms with van der Waals surface area (Å²) < 4.78 is 11.9. The van der Waals surface area contributed by atoms with Crippen LogP contribution in [0.1, 0.15) is 40.5 Å². The van der Waals surface area contributed by atoms with Gasteiger partial charge in [-0.3, -0.25) is 4.79 Å². The van der Waals surface area contributed by atoms with Gasteiger partial charge in [0.05, 0.1) is 0 Å². The van der Waals surface area contributed by atoms with Crippen LogP contribution in [0.5, 0.6) is 0 Å². The zero-order valence-corrected chi connectivity index (χ0v) is 14.0. The topological polar surface area (TPSA) is 35.5 Å². The van der Waals surface area contributed by atoms with Crippen LogP contribution in [0.3, 0.4) is 0 Å². The van der Waals surface area contributed by atoms with Gasteiger partial charge in [-0.25, -0.2) is 0 Å². The molecule has 2 fully saturated rings. The largest absolute Gasteiger partial charge is 0.462 e. The molecule has 1 radical (unpaired) electrons. The SMILES string of the molecule is CC(=O)O[C@H]1[CH][C@H]2C[C@@H]1C[C@@H]2O[Si](C)(C)C(C)(C)C. The van der Waals surface area contributed by atoms with Crippen LogP contribution >= 0.6 is 0 Å². The lowest BCUT2D eigenvalue weighted by molar-refractivity contribution is -0.147. The van der Waals surface area contributed by atoms with Crippen molar-refractivity contribution in [1.29, 1.82) is 0 Å². The van der Waals surface area contributed by atoms with E-state index in [1.807, 2.05) is 0 Å². The lowest BCUT2D eigenvalue weighted by Crippen LogP contribution is -2.46. The molecule has 0 heterocycles. The molecule has 0 aromatic carbocycles. The first kappa shape index (κ1) is 15.0. The van der Waals surface area contributed by atoms with E-state index in [0.717, 1.165) is 12.8 Å². The van der Waals surface area contributed by atoms with Gasteiger partial charge in [-0.2, -0.15) is 0 Å². The molecule has 0 saturated heterocycles. The van der Waals surface area contributed by atoms with Gasteiger partial charge in [0.25, 0.3) is 0 Å². The van der Waals surface area contributed by atoms with Crippen LogP contribution in [-0.4, -0.2) is 26.5 Å². The zero-order valence-electron chi connectivity index (χ0n) is 13.0. The van der Waals surface area contributed by atoms with E-state index in [1.165, 1.54) is 6.92 Å². The molecule has 2 aliphatic rings. The van der Waals surface area contributed by atoms with Gasteiger partial charge in [0.2, 0.25) is 0 Å². The van der Waals surface area contributed by atoms with Crippen molar-refractivity contribution in [3.63, 3.8) is 0 Å². The third kappa shape index (κ3) is 3.05. The number of carbonyl (C=O) groups is 1. The van der Waals surface area contributed by atoms with Gasteiger partial charge in [-0.15, -0.1) is 0 Å². The second-order valence-electron chi connectivity index (χ2n) is 7.58. The Kier molecular flexibility index (Phi) is 3.87. The van der Waals surface area contributed by atoms with Crippen LogP contribution in [0.15, 0.2) is 0 Å². The molecule has 4 heteroatoms. The Morgan fingerprint density at radius 1 is 1.26 bits per heavy atom. The fourth-order valence-electron chi connectivity index (χ4n) is 2.96. The molecule has 0 unspecified atom stereocenters. The highest BCUT2D eigenvalue weighted by Gasteiger charge is 2.51. The van der Waals surface area contributed by atoms with Crippen LogP contribution in [-0.2, 0) is 14.0 Å². The fraction of sp³-hybridized carbons (Fsp3) is 0.867. The average Bonchev–Trinajstić information content (AvgIpc) is 2.73. The number of fused-ring (bicyclic) bond motifs is 2. The van der Waals surface area contributed by atoms with E-state index >= 15 is 0 Å². The molecular weight excluding hydrogens is 256 g/mol. The normalized spacial score (nSPS) is 34.6. The Labute approximate surface area is 118 Å². The first-order chi connectivity index (χ1) is 8.60. The van der Waals surface area contributed by atoms with Crippen LogP contribution in [0.2, 0.25) is 18.1 Å². The van der Waals surface area contributed by atoms with Crippen molar-refractivity contribution < 1.29 is 14.0 Å². The van der Waals surface area contributed by atoms with Gasteiger partial charge in [0, 0.05) is 19.4 Å². The number of hydrogen-bond donors (Lipinski definition) is 0. The first-order valence-electron chi connectivity index (χ1n) is 7.30. The smallest absolute Gasteiger partial charge is 0.302 e. The maximum absolute atomic E-state index is 11.1. The molecule has 3 nitrogen and oxygen atoms in total. The van der Waals surface area contributed by atoms with E-state index < -0.39 is 8.32 Å². The Hall–Kier alpha value is -0.353. The summed E-state index contributed by atoms with van der Waals surface area (Å²) in [5.74, 6) is 0.780. The molecule has 0 spiro atoms. The lowest BCUT2D eigenvalue weighted by atomic mass is 9.95. The Bertz CT molecular complexity index is 359. The third-order valence-electron chi connectivity index (χ3n) is 5.04. The summed E-state index contributed by atoms with van der Waals surface area (Å²) in [7, 11) is -1.69. The van der Waals surface area contributed by atoms with E-state index in [9.17, 15) is 4.79 Å². The maximum Gasteiger partial charge on any atom is 0.302 e. The highest BCUT2D eigenvalue weighted by atomic mass is 28.4. The molecule has 0 aromatic rings. The van der Waals surface area contributed by atoms with Crippen molar-refractivity contribution in [2.24, 2.45) is 11.8 Å². The summed E-state index contributed by atoms with van der Waals surface area (Å²) in [6.07, 6.45) is 4.75. The highest BCUT2D eigenvalue weighted by molar-refractivity contribution is 6.74. The summed E-state index contributed by atoms with van der Waals surface area (Å²) in [6.45, 7) is 12.9. The zero-order chi connectivity index (χ0) is 14.4. The van der Waals surface area contributed by atoms with Crippen molar-refractivity contribution in [2.75, 3.05) is 0 Å². The summed E-state index contributed by atoms with van der Waals surface area (Å²) in [4.78, 5) is 11.1. The molecule has 19 heavy (non-hydrogen) atoms. The predicted octanol–water partition coefficient (Wildman–Crippen LogP) is 3.55. The van der Waals surface area contributed by atoms with Crippen LogP contribution in [0.25, 0.3) is 0 Å². The fourth-order valence-corrected chi connectivity index (χ4v) is 4.34. The molecule has 0 amide bonds. The number of ether oxygens (including phenoxy) is 1. The van der Waals surface area contributed by atoms with E-state index in [2.05, 4.69) is 40.3 Å². The quantitative estimate of drug-likeness (QED) is 0.587. The minimum atomic E-state index is -1.69. The summed E-state index contributed by atoms with van der Waals surface area (Å²) in [5, 5.41) is 0.254. The van der Waals surface area contributed by atoms with Gasteiger partial charge in [0.15, 0.2) is 8.32 Å². The molecule has 2 bridgehead atoms. The van der Waals surface area contributed by atoms with Crippen molar-refractivity contribution >= 4 is 14.3 Å². The molecule has 2 aliphatic carbocycles. The van der Waals surface area contributed by atoms with Crippen LogP contribution in [0, 0.1) is 18.3 Å². The van der Waals surface area contributed by atoms with Crippen molar-refractivity contribution in [3.8, 4) is 0 Å². The van der Waals surface area contributed by atoms with Crippen LogP contribution in [0.4, 0.5) is 0 Å². The molecule has 0 aromatic heterocycles. The minimum absolute atomic E-state index is 0.0294. The number of rotatable bonds is 3. The summed E-state index contributed by atoms with van der Waals surface area (Å²) in [6, 6.07) is 0. The molecule has 109 valence electrons. The Morgan fingerprint density at radius 3 is 2.32 bits per heavy atom. The molecule has 0 aliphatic heterocycles.